The summed E-state index contributed by atoms with van der Waals surface area (Å²) in [5.41, 5.74) is -1.67. The van der Waals surface area contributed by atoms with Crippen LogP contribution in [0, 0.1) is 10.8 Å². The Morgan fingerprint density at radius 1 is 1.23 bits per heavy atom. The van der Waals surface area contributed by atoms with Gasteiger partial charge in [-0.15, -0.1) is 0 Å². The fourth-order valence-corrected chi connectivity index (χ4v) is 2.76. The van der Waals surface area contributed by atoms with E-state index in [0.29, 0.717) is 12.8 Å². The maximum atomic E-state index is 12.9. The first-order valence-electron chi connectivity index (χ1n) is 8.08. The van der Waals surface area contributed by atoms with Gasteiger partial charge in [0.1, 0.15) is 5.60 Å². The van der Waals surface area contributed by atoms with Gasteiger partial charge in [0, 0.05) is 0 Å². The van der Waals surface area contributed by atoms with Crippen LogP contribution in [0.25, 0.3) is 0 Å². The van der Waals surface area contributed by atoms with Gasteiger partial charge in [0.2, 0.25) is 0 Å². The molecule has 1 aliphatic carbocycles. The molecule has 4 heteroatoms. The molecule has 0 spiro atoms. The molecule has 0 bridgehead atoms. The Bertz CT molecular complexity index is 446. The van der Waals surface area contributed by atoms with E-state index < -0.39 is 11.0 Å². The molecule has 0 aromatic heterocycles. The molecule has 0 amide bonds. The van der Waals surface area contributed by atoms with Crippen molar-refractivity contribution in [3.05, 3.63) is 12.2 Å². The van der Waals surface area contributed by atoms with E-state index in [1.165, 1.54) is 7.11 Å². The van der Waals surface area contributed by atoms with Gasteiger partial charge >= 0.3 is 11.9 Å². The first kappa shape index (κ1) is 18.7. The van der Waals surface area contributed by atoms with Crippen LogP contribution in [-0.4, -0.2) is 24.6 Å². The highest BCUT2D eigenvalue weighted by Crippen LogP contribution is 2.44. The smallest absolute Gasteiger partial charge is 0.313 e. The van der Waals surface area contributed by atoms with Crippen molar-refractivity contribution in [3.63, 3.8) is 0 Å². The number of hydrogen-bond donors (Lipinski definition) is 0. The molecule has 0 aromatic carbocycles. The zero-order chi connectivity index (χ0) is 17.0. The normalized spacial score (nSPS) is 24.5. The van der Waals surface area contributed by atoms with E-state index in [2.05, 4.69) is 0 Å². The number of rotatable bonds is 5. The van der Waals surface area contributed by atoms with E-state index in [-0.39, 0.29) is 23.8 Å². The maximum Gasteiger partial charge on any atom is 0.313 e. The van der Waals surface area contributed by atoms with Crippen LogP contribution in [0.1, 0.15) is 66.7 Å². The van der Waals surface area contributed by atoms with E-state index in [4.69, 9.17) is 9.47 Å². The Labute approximate surface area is 134 Å². The molecule has 2 unspecified atom stereocenters. The minimum atomic E-state index is -0.857. The van der Waals surface area contributed by atoms with E-state index in [9.17, 15) is 9.59 Å². The zero-order valence-electron chi connectivity index (χ0n) is 14.8. The summed E-state index contributed by atoms with van der Waals surface area (Å²) >= 11 is 0. The van der Waals surface area contributed by atoms with Crippen LogP contribution >= 0.6 is 0 Å². The molecule has 0 aromatic rings. The summed E-state index contributed by atoms with van der Waals surface area (Å²) in [5, 5.41) is 0. The van der Waals surface area contributed by atoms with Crippen LogP contribution in [0.4, 0.5) is 0 Å². The topological polar surface area (TPSA) is 52.6 Å². The van der Waals surface area contributed by atoms with E-state index >= 15 is 0 Å². The van der Waals surface area contributed by atoms with Crippen molar-refractivity contribution in [2.45, 2.75) is 72.3 Å². The second kappa shape index (κ2) is 6.84. The summed E-state index contributed by atoms with van der Waals surface area (Å²) in [6, 6.07) is 0. The molecule has 22 heavy (non-hydrogen) atoms. The second-order valence-electron chi connectivity index (χ2n) is 7.44. The third-order valence-electron chi connectivity index (χ3n) is 5.17. The fourth-order valence-electron chi connectivity index (χ4n) is 2.76. The van der Waals surface area contributed by atoms with Gasteiger partial charge in [0.25, 0.3) is 0 Å². The van der Waals surface area contributed by atoms with E-state index in [1.807, 2.05) is 46.8 Å². The number of carbonyl (C=O) groups is 2. The predicted molar refractivity (Wildman–Crippen MR) is 86.3 cm³/mol. The standard InChI is InChI=1S/C18H30O4/c1-7-17(5,16(2,3)4)15(20)22-18(13-14(19)21-6)11-9-8-10-12-18/h9,11H,7-8,10,12-13H2,1-6H3. The van der Waals surface area contributed by atoms with Gasteiger partial charge in [-0.05, 0) is 44.1 Å². The van der Waals surface area contributed by atoms with Crippen LogP contribution in [0.5, 0.6) is 0 Å². The molecule has 4 nitrogen and oxygen atoms in total. The van der Waals surface area contributed by atoms with E-state index in [0.717, 1.165) is 12.8 Å². The third kappa shape index (κ3) is 3.90. The van der Waals surface area contributed by atoms with Gasteiger partial charge in [-0.3, -0.25) is 9.59 Å². The quantitative estimate of drug-likeness (QED) is 0.568. The molecule has 0 saturated carbocycles. The summed E-state index contributed by atoms with van der Waals surface area (Å²) in [6.45, 7) is 10.1. The molecule has 1 aliphatic rings. The van der Waals surface area contributed by atoms with Gasteiger partial charge in [0.15, 0.2) is 0 Å². The Hall–Kier alpha value is -1.32. The van der Waals surface area contributed by atoms with Crippen molar-refractivity contribution < 1.29 is 19.1 Å². The monoisotopic (exact) mass is 310 g/mol. The molecule has 1 rings (SSSR count). The predicted octanol–water partition coefficient (Wildman–Crippen LogP) is 4.03. The molecule has 0 radical (unpaired) electrons. The first-order valence-corrected chi connectivity index (χ1v) is 8.08. The Balaban J connectivity index is 3.04. The van der Waals surface area contributed by atoms with Crippen LogP contribution in [0.15, 0.2) is 12.2 Å². The summed E-state index contributed by atoms with van der Waals surface area (Å²) in [4.78, 5) is 24.6. The Kier molecular flexibility index (Phi) is 5.82. The lowest BCUT2D eigenvalue weighted by molar-refractivity contribution is -0.178. The van der Waals surface area contributed by atoms with Crippen molar-refractivity contribution in [1.82, 2.24) is 0 Å². The zero-order valence-corrected chi connectivity index (χ0v) is 14.8. The number of allylic oxidation sites excluding steroid dienone is 1. The molecule has 126 valence electrons. The molecule has 0 saturated heterocycles. The highest BCUT2D eigenvalue weighted by atomic mass is 16.6. The molecule has 2 atom stereocenters. The Morgan fingerprint density at radius 3 is 2.27 bits per heavy atom. The summed E-state index contributed by atoms with van der Waals surface area (Å²) in [5.74, 6) is -0.591. The number of carbonyl (C=O) groups excluding carboxylic acids is 2. The van der Waals surface area contributed by atoms with Gasteiger partial charge in [-0.1, -0.05) is 33.8 Å². The van der Waals surface area contributed by atoms with Crippen molar-refractivity contribution >= 4 is 11.9 Å². The third-order valence-corrected chi connectivity index (χ3v) is 5.17. The summed E-state index contributed by atoms with van der Waals surface area (Å²) < 4.78 is 10.7. The molecule has 0 fully saturated rings. The average Bonchev–Trinajstić information content (AvgIpc) is 2.45. The van der Waals surface area contributed by atoms with E-state index in [1.54, 1.807) is 0 Å². The molecular weight excluding hydrogens is 280 g/mol. The van der Waals surface area contributed by atoms with Gasteiger partial charge in [0.05, 0.1) is 18.9 Å². The second-order valence-corrected chi connectivity index (χ2v) is 7.44. The highest BCUT2D eigenvalue weighted by Gasteiger charge is 2.47. The summed E-state index contributed by atoms with van der Waals surface area (Å²) in [7, 11) is 1.36. The average molecular weight is 310 g/mol. The van der Waals surface area contributed by atoms with Crippen molar-refractivity contribution in [3.8, 4) is 0 Å². The van der Waals surface area contributed by atoms with Gasteiger partial charge in [-0.2, -0.15) is 0 Å². The van der Waals surface area contributed by atoms with Gasteiger partial charge < -0.3 is 9.47 Å². The van der Waals surface area contributed by atoms with Crippen LogP contribution < -0.4 is 0 Å². The van der Waals surface area contributed by atoms with Gasteiger partial charge in [-0.25, -0.2) is 0 Å². The molecule has 0 N–H and O–H groups in total. The molecular formula is C18H30O4. The van der Waals surface area contributed by atoms with Crippen molar-refractivity contribution in [1.29, 1.82) is 0 Å². The SMILES string of the molecule is CCC(C)(C(=O)OC1(CC(=O)OC)C=CCCC1)C(C)(C)C. The van der Waals surface area contributed by atoms with Crippen molar-refractivity contribution in [2.75, 3.05) is 7.11 Å². The number of esters is 2. The van der Waals surface area contributed by atoms with Crippen LogP contribution in [0.2, 0.25) is 0 Å². The van der Waals surface area contributed by atoms with Crippen LogP contribution in [0.3, 0.4) is 0 Å². The number of ether oxygens (including phenoxy) is 2. The minimum absolute atomic E-state index is 0.0790. The fraction of sp³-hybridized carbons (Fsp3) is 0.778. The van der Waals surface area contributed by atoms with Crippen LogP contribution in [-0.2, 0) is 19.1 Å². The lowest BCUT2D eigenvalue weighted by Crippen LogP contribution is -2.47. The Morgan fingerprint density at radius 2 is 1.86 bits per heavy atom. The highest BCUT2D eigenvalue weighted by molar-refractivity contribution is 5.79. The lowest BCUT2D eigenvalue weighted by Gasteiger charge is -2.42. The molecule has 0 heterocycles. The largest absolute Gasteiger partial charge is 0.469 e. The first-order chi connectivity index (χ1) is 10.1. The maximum absolute atomic E-state index is 12.9. The summed E-state index contributed by atoms with van der Waals surface area (Å²) in [6.07, 6.45) is 7.13. The number of methoxy groups -OCH3 is 1. The minimum Gasteiger partial charge on any atom is -0.469 e. The number of hydrogen-bond acceptors (Lipinski definition) is 4. The van der Waals surface area contributed by atoms with Crippen molar-refractivity contribution in [2.24, 2.45) is 10.8 Å². The molecule has 0 aliphatic heterocycles. The lowest BCUT2D eigenvalue weighted by atomic mass is 9.66.